The van der Waals surface area contributed by atoms with Crippen molar-refractivity contribution >= 4 is 14.6 Å². The smallest absolute Gasteiger partial charge is 0.274 e. The average molecular weight is 397 g/mol. The summed E-state index contributed by atoms with van der Waals surface area (Å²) in [5.41, 5.74) is 3.62. The van der Waals surface area contributed by atoms with Crippen molar-refractivity contribution in [2.45, 2.75) is 60.1 Å². The van der Waals surface area contributed by atoms with Gasteiger partial charge in [0.15, 0.2) is 0 Å². The largest absolute Gasteiger partial charge is 0.542 e. The minimum Gasteiger partial charge on any atom is -0.542 e. The Morgan fingerprint density at radius 3 is 2.36 bits per heavy atom. The lowest BCUT2D eigenvalue weighted by Gasteiger charge is -2.24. The third-order valence-electron chi connectivity index (χ3n) is 4.07. The monoisotopic (exact) mass is 396 g/mol. The molecule has 1 aromatic carbocycles. The van der Waals surface area contributed by atoms with Gasteiger partial charge in [-0.2, -0.15) is 0 Å². The summed E-state index contributed by atoms with van der Waals surface area (Å²) < 4.78 is 6.22. The van der Waals surface area contributed by atoms with Crippen molar-refractivity contribution in [3.63, 3.8) is 0 Å². The lowest BCUT2D eigenvalue weighted by atomic mass is 9.86. The van der Waals surface area contributed by atoms with E-state index >= 15 is 0 Å². The predicted molar refractivity (Wildman–Crippen MR) is 126 cm³/mol. The maximum Gasteiger partial charge on any atom is 0.274 e. The Bertz CT molecular complexity index is 751. The van der Waals surface area contributed by atoms with E-state index in [-0.39, 0.29) is 10.8 Å². The number of benzene rings is 1. The van der Waals surface area contributed by atoms with Gasteiger partial charge in [-0.15, -0.1) is 0 Å². The molecule has 28 heavy (non-hydrogen) atoms. The van der Waals surface area contributed by atoms with Crippen LogP contribution in [0.25, 0.3) is 5.57 Å². The first kappa shape index (κ1) is 24.3. The standard InChI is InChI=1S/C25H38NOSi/c1-20(19-26(8)17-13-11-12-16-24(2,3)4)22-15-14-21(25(5,6)7)18-23(22)27-28(9)10/h11,13-15,18H,1,17,19H2,2-10H3/b13-11+. The fourth-order valence-corrected chi connectivity index (χ4v) is 3.22. The number of hydrogen-bond acceptors (Lipinski definition) is 2. The molecule has 0 bridgehead atoms. The molecular formula is C25H38NOSi. The number of allylic oxidation sites excluding steroid dienone is 1. The minimum atomic E-state index is -0.845. The fourth-order valence-electron chi connectivity index (χ4n) is 2.61. The van der Waals surface area contributed by atoms with Crippen molar-refractivity contribution < 1.29 is 4.43 Å². The first-order valence-electron chi connectivity index (χ1n) is 9.96. The molecular weight excluding hydrogens is 358 g/mol. The Labute approximate surface area is 175 Å². The molecule has 153 valence electrons. The molecule has 0 saturated carbocycles. The molecule has 2 nitrogen and oxygen atoms in total. The van der Waals surface area contributed by atoms with Crippen molar-refractivity contribution in [3.05, 3.63) is 48.1 Å². The van der Waals surface area contributed by atoms with Crippen LogP contribution in [0.1, 0.15) is 52.7 Å². The minimum absolute atomic E-state index is 0.0407. The van der Waals surface area contributed by atoms with Gasteiger partial charge in [0.2, 0.25) is 0 Å². The lowest BCUT2D eigenvalue weighted by Crippen LogP contribution is -2.21. The van der Waals surface area contributed by atoms with Crippen LogP contribution in [0.15, 0.2) is 36.9 Å². The Kier molecular flexibility index (Phi) is 8.79. The highest BCUT2D eigenvalue weighted by Gasteiger charge is 2.18. The molecule has 0 unspecified atom stereocenters. The number of hydrogen-bond donors (Lipinski definition) is 0. The van der Waals surface area contributed by atoms with E-state index in [1.54, 1.807) is 0 Å². The van der Waals surface area contributed by atoms with Crippen LogP contribution in [0, 0.1) is 17.3 Å². The van der Waals surface area contributed by atoms with Gasteiger partial charge in [-0.1, -0.05) is 57.4 Å². The number of likely N-dealkylation sites (N-methyl/N-ethyl adjacent to an activating group) is 1. The fraction of sp³-hybridized carbons (Fsp3) is 0.520. The summed E-state index contributed by atoms with van der Waals surface area (Å²) in [5.74, 6) is 7.31. The molecule has 0 amide bonds. The van der Waals surface area contributed by atoms with Crippen LogP contribution in [0.4, 0.5) is 0 Å². The SMILES string of the molecule is C=C(CN(C)C/C=C/C#CC(C)(C)C)c1ccc(C(C)(C)C)cc1O[Si](C)C. The molecule has 0 aliphatic rings. The van der Waals surface area contributed by atoms with E-state index in [1.165, 1.54) is 5.56 Å². The summed E-state index contributed by atoms with van der Waals surface area (Å²) in [7, 11) is 1.26. The first-order valence-corrected chi connectivity index (χ1v) is 12.4. The van der Waals surface area contributed by atoms with Gasteiger partial charge < -0.3 is 4.43 Å². The maximum atomic E-state index is 6.22. The predicted octanol–water partition coefficient (Wildman–Crippen LogP) is 6.16. The molecule has 1 rings (SSSR count). The quantitative estimate of drug-likeness (QED) is 0.404. The summed E-state index contributed by atoms with van der Waals surface area (Å²) in [4.78, 5) is 2.24. The van der Waals surface area contributed by atoms with Gasteiger partial charge in [0, 0.05) is 24.1 Å². The van der Waals surface area contributed by atoms with Crippen LogP contribution in [0.5, 0.6) is 5.75 Å². The van der Waals surface area contributed by atoms with Crippen LogP contribution >= 0.6 is 0 Å². The molecule has 0 spiro atoms. The van der Waals surface area contributed by atoms with E-state index in [0.29, 0.717) is 0 Å². The molecule has 0 aliphatic carbocycles. The second-order valence-corrected chi connectivity index (χ2v) is 11.7. The van der Waals surface area contributed by atoms with Crippen LogP contribution in [-0.2, 0) is 5.41 Å². The van der Waals surface area contributed by atoms with E-state index in [4.69, 9.17) is 4.43 Å². The highest BCUT2D eigenvalue weighted by Crippen LogP contribution is 2.32. The molecule has 0 heterocycles. The van der Waals surface area contributed by atoms with Gasteiger partial charge in [0.25, 0.3) is 9.04 Å². The van der Waals surface area contributed by atoms with Crippen molar-refractivity contribution in [2.24, 2.45) is 5.41 Å². The molecule has 3 heteroatoms. The molecule has 1 aromatic rings. The third kappa shape index (κ3) is 8.95. The lowest BCUT2D eigenvalue weighted by molar-refractivity contribution is 0.418. The molecule has 0 atom stereocenters. The zero-order chi connectivity index (χ0) is 21.5. The summed E-state index contributed by atoms with van der Waals surface area (Å²) >= 11 is 0. The molecule has 1 radical (unpaired) electrons. The second kappa shape index (κ2) is 10.1. The van der Waals surface area contributed by atoms with Crippen LogP contribution in [0.2, 0.25) is 13.1 Å². The second-order valence-electron chi connectivity index (χ2n) is 9.69. The van der Waals surface area contributed by atoms with Crippen LogP contribution < -0.4 is 4.43 Å². The molecule has 0 saturated heterocycles. The van der Waals surface area contributed by atoms with Crippen molar-refractivity contribution in [3.8, 4) is 17.6 Å². The molecule has 0 aromatic heterocycles. The van der Waals surface area contributed by atoms with E-state index in [2.05, 4.69) is 109 Å². The van der Waals surface area contributed by atoms with Gasteiger partial charge in [0.1, 0.15) is 5.75 Å². The van der Waals surface area contributed by atoms with E-state index in [9.17, 15) is 0 Å². The molecule has 0 N–H and O–H groups in total. The van der Waals surface area contributed by atoms with Gasteiger partial charge in [0.05, 0.1) is 0 Å². The van der Waals surface area contributed by atoms with Crippen LogP contribution in [0.3, 0.4) is 0 Å². The summed E-state index contributed by atoms with van der Waals surface area (Å²) in [6, 6.07) is 6.56. The molecule has 0 aliphatic heterocycles. The van der Waals surface area contributed by atoms with Gasteiger partial charge in [-0.05, 0) is 69.6 Å². The van der Waals surface area contributed by atoms with E-state index in [1.807, 2.05) is 6.08 Å². The van der Waals surface area contributed by atoms with E-state index < -0.39 is 9.04 Å². The summed E-state index contributed by atoms with van der Waals surface area (Å²) in [5, 5.41) is 0. The Morgan fingerprint density at radius 1 is 1.18 bits per heavy atom. The Morgan fingerprint density at radius 2 is 1.82 bits per heavy atom. The van der Waals surface area contributed by atoms with Gasteiger partial charge in [-0.25, -0.2) is 0 Å². The zero-order valence-corrected chi connectivity index (χ0v) is 20.4. The third-order valence-corrected chi connectivity index (χ3v) is 4.70. The van der Waals surface area contributed by atoms with Crippen molar-refractivity contribution in [1.29, 1.82) is 0 Å². The molecule has 0 fully saturated rings. The first-order chi connectivity index (χ1) is 12.8. The number of nitrogens with zero attached hydrogens (tertiary/aromatic N) is 1. The average Bonchev–Trinajstić information content (AvgIpc) is 2.51. The zero-order valence-electron chi connectivity index (χ0n) is 19.4. The highest BCUT2D eigenvalue weighted by atomic mass is 28.3. The van der Waals surface area contributed by atoms with Gasteiger partial charge >= 0.3 is 0 Å². The highest BCUT2D eigenvalue weighted by molar-refractivity contribution is 6.49. The summed E-state index contributed by atoms with van der Waals surface area (Å²) in [6.45, 7) is 23.3. The number of rotatable bonds is 7. The Balaban J connectivity index is 2.87. The normalized spacial score (nSPS) is 12.4. The van der Waals surface area contributed by atoms with E-state index in [0.717, 1.165) is 30.0 Å². The van der Waals surface area contributed by atoms with Crippen LogP contribution in [-0.4, -0.2) is 34.1 Å². The Hall–Kier alpha value is -1.76. The van der Waals surface area contributed by atoms with Crippen molar-refractivity contribution in [1.82, 2.24) is 4.90 Å². The maximum absolute atomic E-state index is 6.22. The van der Waals surface area contributed by atoms with Gasteiger partial charge in [-0.3, -0.25) is 4.90 Å². The topological polar surface area (TPSA) is 12.5 Å². The summed E-state index contributed by atoms with van der Waals surface area (Å²) in [6.07, 6.45) is 4.05. The van der Waals surface area contributed by atoms with Crippen molar-refractivity contribution in [2.75, 3.05) is 20.1 Å².